The second-order valence-electron chi connectivity index (χ2n) is 3.25. The monoisotopic (exact) mass is 254 g/mol. The van der Waals surface area contributed by atoms with Crippen molar-refractivity contribution in [2.75, 3.05) is 11.1 Å². The van der Waals surface area contributed by atoms with E-state index in [9.17, 15) is 0 Å². The molecule has 1 rings (SSSR count). The number of aromatic nitrogens is 1. The fourth-order valence-corrected chi connectivity index (χ4v) is 1.69. The number of hydrogen-bond donors (Lipinski definition) is 1. The van der Waals surface area contributed by atoms with Gasteiger partial charge in [0.1, 0.15) is 5.82 Å². The Morgan fingerprint density at radius 1 is 1.64 bits per heavy atom. The average Bonchev–Trinajstić information content (AvgIpc) is 2.14. The molecule has 14 heavy (non-hydrogen) atoms. The maximum Gasteiger partial charge on any atom is 0.131 e. The van der Waals surface area contributed by atoms with E-state index in [-0.39, 0.29) is 0 Å². The molecule has 76 valence electrons. The van der Waals surface area contributed by atoms with Crippen molar-refractivity contribution in [2.24, 2.45) is 0 Å². The molecule has 3 heteroatoms. The summed E-state index contributed by atoms with van der Waals surface area (Å²) in [6, 6.07) is 1.98. The second kappa shape index (κ2) is 5.15. The van der Waals surface area contributed by atoms with E-state index in [4.69, 9.17) is 5.73 Å². The van der Waals surface area contributed by atoms with Gasteiger partial charge in [-0.05, 0) is 37.5 Å². The number of alkyl halides is 1. The number of aryl methyl sites for hydroxylation is 1. The molecule has 0 bridgehead atoms. The predicted octanol–water partition coefficient (Wildman–Crippen LogP) is 3.16. The lowest BCUT2D eigenvalue weighted by Gasteiger charge is -2.08. The van der Waals surface area contributed by atoms with Crippen LogP contribution >= 0.6 is 15.9 Å². The standard InChI is InChI=1S/C11H15BrN2/c1-8(4-3-6-12)10-9(2)5-7-14-11(10)13/h4-5,7H,3,6H2,1-2H3,(H2,13,14). The highest BCUT2D eigenvalue weighted by Gasteiger charge is 2.04. The van der Waals surface area contributed by atoms with Crippen LogP contribution in [-0.4, -0.2) is 10.3 Å². The second-order valence-corrected chi connectivity index (χ2v) is 4.05. The van der Waals surface area contributed by atoms with E-state index in [1.165, 1.54) is 11.1 Å². The number of halogens is 1. The Labute approximate surface area is 93.4 Å². The Balaban J connectivity index is 3.05. The molecule has 0 atom stereocenters. The Morgan fingerprint density at radius 3 is 2.93 bits per heavy atom. The van der Waals surface area contributed by atoms with Crippen molar-refractivity contribution in [3.63, 3.8) is 0 Å². The van der Waals surface area contributed by atoms with E-state index >= 15 is 0 Å². The van der Waals surface area contributed by atoms with Crippen LogP contribution in [0, 0.1) is 6.92 Å². The molecule has 0 spiro atoms. The molecule has 1 aromatic heterocycles. The molecular weight excluding hydrogens is 240 g/mol. The SMILES string of the molecule is CC(=CCCBr)c1c(C)ccnc1N. The molecular formula is C11H15BrN2. The van der Waals surface area contributed by atoms with Crippen molar-refractivity contribution in [3.8, 4) is 0 Å². The molecule has 0 fully saturated rings. The van der Waals surface area contributed by atoms with Crippen molar-refractivity contribution in [2.45, 2.75) is 20.3 Å². The van der Waals surface area contributed by atoms with E-state index in [0.29, 0.717) is 5.82 Å². The Morgan fingerprint density at radius 2 is 2.36 bits per heavy atom. The van der Waals surface area contributed by atoms with Gasteiger partial charge in [0.25, 0.3) is 0 Å². The Kier molecular flexibility index (Phi) is 4.14. The summed E-state index contributed by atoms with van der Waals surface area (Å²) >= 11 is 3.40. The maximum absolute atomic E-state index is 5.83. The first-order chi connectivity index (χ1) is 6.66. The summed E-state index contributed by atoms with van der Waals surface area (Å²) in [7, 11) is 0. The van der Waals surface area contributed by atoms with Gasteiger partial charge in [0.15, 0.2) is 0 Å². The third-order valence-electron chi connectivity index (χ3n) is 2.14. The minimum Gasteiger partial charge on any atom is -0.383 e. The summed E-state index contributed by atoms with van der Waals surface area (Å²) in [4.78, 5) is 4.09. The first-order valence-electron chi connectivity index (χ1n) is 4.61. The van der Waals surface area contributed by atoms with E-state index in [1.807, 2.05) is 6.07 Å². The van der Waals surface area contributed by atoms with Gasteiger partial charge in [-0.2, -0.15) is 0 Å². The summed E-state index contributed by atoms with van der Waals surface area (Å²) in [5.41, 5.74) is 9.29. The first-order valence-corrected chi connectivity index (χ1v) is 5.73. The van der Waals surface area contributed by atoms with Crippen LogP contribution in [-0.2, 0) is 0 Å². The largest absolute Gasteiger partial charge is 0.383 e. The van der Waals surface area contributed by atoms with Crippen molar-refractivity contribution in [3.05, 3.63) is 29.5 Å². The third kappa shape index (κ3) is 2.58. The molecule has 1 heterocycles. The third-order valence-corrected chi connectivity index (χ3v) is 2.60. The van der Waals surface area contributed by atoms with Gasteiger partial charge in [-0.15, -0.1) is 0 Å². The van der Waals surface area contributed by atoms with E-state index in [1.54, 1.807) is 6.20 Å². The van der Waals surface area contributed by atoms with Crippen LogP contribution in [0.5, 0.6) is 0 Å². The summed E-state index contributed by atoms with van der Waals surface area (Å²) in [5.74, 6) is 0.619. The van der Waals surface area contributed by atoms with E-state index in [2.05, 4.69) is 40.8 Å². The lowest BCUT2D eigenvalue weighted by atomic mass is 10.0. The van der Waals surface area contributed by atoms with E-state index in [0.717, 1.165) is 17.3 Å². The normalized spacial score (nSPS) is 11.8. The summed E-state index contributed by atoms with van der Waals surface area (Å²) in [5, 5.41) is 0.976. The highest BCUT2D eigenvalue weighted by atomic mass is 79.9. The van der Waals surface area contributed by atoms with Crippen molar-refractivity contribution in [1.29, 1.82) is 0 Å². The minimum atomic E-state index is 0.619. The fourth-order valence-electron chi connectivity index (χ4n) is 1.47. The number of nitrogens with two attached hydrogens (primary N) is 1. The summed E-state index contributed by atoms with van der Waals surface area (Å²) in [6.07, 6.45) is 4.93. The predicted molar refractivity (Wildman–Crippen MR) is 65.4 cm³/mol. The zero-order valence-electron chi connectivity index (χ0n) is 8.55. The summed E-state index contributed by atoms with van der Waals surface area (Å²) in [6.45, 7) is 4.13. The van der Waals surface area contributed by atoms with Crippen LogP contribution in [0.2, 0.25) is 0 Å². The van der Waals surface area contributed by atoms with Gasteiger partial charge in [0.05, 0.1) is 0 Å². The average molecular weight is 255 g/mol. The summed E-state index contributed by atoms with van der Waals surface area (Å²) < 4.78 is 0. The zero-order chi connectivity index (χ0) is 10.6. The molecule has 0 aliphatic rings. The lowest BCUT2D eigenvalue weighted by molar-refractivity contribution is 1.23. The Hall–Kier alpha value is -0.830. The number of nitrogens with zero attached hydrogens (tertiary/aromatic N) is 1. The van der Waals surface area contributed by atoms with Gasteiger partial charge in [0, 0.05) is 17.1 Å². The van der Waals surface area contributed by atoms with E-state index < -0.39 is 0 Å². The quantitative estimate of drug-likeness (QED) is 0.842. The Bertz CT molecular complexity index is 325. The van der Waals surface area contributed by atoms with Crippen molar-refractivity contribution >= 4 is 27.3 Å². The molecule has 0 saturated heterocycles. The van der Waals surface area contributed by atoms with Gasteiger partial charge < -0.3 is 5.73 Å². The number of nitrogen functional groups attached to an aromatic ring is 1. The van der Waals surface area contributed by atoms with Crippen LogP contribution in [0.25, 0.3) is 5.57 Å². The van der Waals surface area contributed by atoms with Gasteiger partial charge in [-0.25, -0.2) is 4.98 Å². The smallest absolute Gasteiger partial charge is 0.131 e. The number of allylic oxidation sites excluding steroid dienone is 2. The zero-order valence-corrected chi connectivity index (χ0v) is 10.1. The van der Waals surface area contributed by atoms with Crippen molar-refractivity contribution in [1.82, 2.24) is 4.98 Å². The molecule has 1 aromatic rings. The number of hydrogen-bond acceptors (Lipinski definition) is 2. The highest BCUT2D eigenvalue weighted by Crippen LogP contribution is 2.23. The maximum atomic E-state index is 5.83. The molecule has 0 aliphatic carbocycles. The number of pyridine rings is 1. The molecule has 0 aliphatic heterocycles. The van der Waals surface area contributed by atoms with Crippen LogP contribution in [0.1, 0.15) is 24.5 Å². The van der Waals surface area contributed by atoms with Gasteiger partial charge in [-0.3, -0.25) is 0 Å². The van der Waals surface area contributed by atoms with Crippen LogP contribution < -0.4 is 5.73 Å². The van der Waals surface area contributed by atoms with Gasteiger partial charge >= 0.3 is 0 Å². The molecule has 0 amide bonds. The topological polar surface area (TPSA) is 38.9 Å². The van der Waals surface area contributed by atoms with Crippen LogP contribution in [0.4, 0.5) is 5.82 Å². The molecule has 2 nitrogen and oxygen atoms in total. The number of anilines is 1. The van der Waals surface area contributed by atoms with Gasteiger partial charge in [0.2, 0.25) is 0 Å². The van der Waals surface area contributed by atoms with Crippen LogP contribution in [0.15, 0.2) is 18.3 Å². The van der Waals surface area contributed by atoms with Crippen LogP contribution in [0.3, 0.4) is 0 Å². The number of rotatable bonds is 3. The fraction of sp³-hybridized carbons (Fsp3) is 0.364. The lowest BCUT2D eigenvalue weighted by Crippen LogP contribution is -1.98. The molecule has 0 aromatic carbocycles. The molecule has 2 N–H and O–H groups in total. The minimum absolute atomic E-state index is 0.619. The van der Waals surface area contributed by atoms with Gasteiger partial charge in [-0.1, -0.05) is 22.0 Å². The van der Waals surface area contributed by atoms with Crippen molar-refractivity contribution < 1.29 is 0 Å². The first kappa shape index (κ1) is 11.2. The molecule has 0 radical (unpaired) electrons. The molecule has 0 saturated carbocycles. The molecule has 0 unspecified atom stereocenters. The highest BCUT2D eigenvalue weighted by molar-refractivity contribution is 9.09.